The van der Waals surface area contributed by atoms with E-state index in [-0.39, 0.29) is 5.92 Å². The van der Waals surface area contributed by atoms with E-state index in [4.69, 9.17) is 4.74 Å². The smallest absolute Gasteiger partial charge is 0.330 e. The molecule has 1 aliphatic rings. The van der Waals surface area contributed by atoms with Crippen molar-refractivity contribution < 1.29 is 14.6 Å². The number of allylic oxidation sites excluding steroid dienone is 1. The van der Waals surface area contributed by atoms with Crippen LogP contribution in [-0.2, 0) is 9.53 Å². The number of hydrogen-bond donors (Lipinski definition) is 1. The monoisotopic (exact) mass is 300 g/mol. The van der Waals surface area contributed by atoms with E-state index < -0.39 is 17.5 Å². The molecule has 0 radical (unpaired) electrons. The fourth-order valence-electron chi connectivity index (χ4n) is 2.94. The Hall–Kier alpha value is -1.87. The summed E-state index contributed by atoms with van der Waals surface area (Å²) in [5.41, 5.74) is 2.52. The molecule has 1 N–H and O–H groups in total. The molecule has 0 fully saturated rings. The van der Waals surface area contributed by atoms with E-state index in [1.165, 1.54) is 6.08 Å². The highest BCUT2D eigenvalue weighted by Gasteiger charge is 2.38. The first-order chi connectivity index (χ1) is 10.4. The normalized spacial score (nSPS) is 25.7. The second-order valence-electron chi connectivity index (χ2n) is 6.31. The van der Waals surface area contributed by atoms with Crippen molar-refractivity contribution in [1.82, 2.24) is 0 Å². The highest BCUT2D eigenvalue weighted by Crippen LogP contribution is 2.44. The van der Waals surface area contributed by atoms with Crippen molar-refractivity contribution in [2.75, 3.05) is 6.61 Å². The number of benzene rings is 1. The molecule has 1 aromatic carbocycles. The van der Waals surface area contributed by atoms with E-state index in [0.717, 1.165) is 11.1 Å². The fraction of sp³-hybridized carbons (Fsp3) is 0.421. The van der Waals surface area contributed by atoms with E-state index >= 15 is 0 Å². The minimum Gasteiger partial charge on any atom is -0.463 e. The van der Waals surface area contributed by atoms with Crippen LogP contribution in [-0.4, -0.2) is 23.8 Å². The molecule has 0 heterocycles. The molecule has 0 saturated heterocycles. The third-order valence-corrected chi connectivity index (χ3v) is 4.19. The van der Waals surface area contributed by atoms with Crippen LogP contribution in [0.15, 0.2) is 48.1 Å². The SMILES string of the molecule is CCOC(=O)/C=C1/C(C)C(c2ccccc2)=CC(C)(C)C1O. The van der Waals surface area contributed by atoms with Gasteiger partial charge in [-0.2, -0.15) is 0 Å². The lowest BCUT2D eigenvalue weighted by atomic mass is 9.68. The molecule has 22 heavy (non-hydrogen) atoms. The minimum absolute atomic E-state index is 0.0326. The topological polar surface area (TPSA) is 46.5 Å². The molecule has 3 nitrogen and oxygen atoms in total. The molecular weight excluding hydrogens is 276 g/mol. The Bertz CT molecular complexity index is 596. The van der Waals surface area contributed by atoms with Crippen molar-refractivity contribution in [2.45, 2.75) is 33.8 Å². The van der Waals surface area contributed by atoms with Crippen LogP contribution < -0.4 is 0 Å². The minimum atomic E-state index is -0.695. The standard InChI is InChI=1S/C19H24O3/c1-5-22-17(20)11-15-13(2)16(12-19(3,4)18(15)21)14-9-7-6-8-10-14/h6-13,18,21H,5H2,1-4H3/b15-11-. The van der Waals surface area contributed by atoms with Gasteiger partial charge in [-0.3, -0.25) is 0 Å². The number of hydrogen-bond acceptors (Lipinski definition) is 3. The zero-order valence-corrected chi connectivity index (χ0v) is 13.7. The highest BCUT2D eigenvalue weighted by atomic mass is 16.5. The van der Waals surface area contributed by atoms with Gasteiger partial charge in [-0.15, -0.1) is 0 Å². The Kier molecular flexibility index (Phi) is 4.87. The second-order valence-corrected chi connectivity index (χ2v) is 6.31. The van der Waals surface area contributed by atoms with Gasteiger partial charge in [-0.05, 0) is 23.6 Å². The predicted molar refractivity (Wildman–Crippen MR) is 88.1 cm³/mol. The molecule has 2 atom stereocenters. The number of rotatable bonds is 3. The van der Waals surface area contributed by atoms with Crippen molar-refractivity contribution in [1.29, 1.82) is 0 Å². The summed E-state index contributed by atoms with van der Waals surface area (Å²) in [5, 5.41) is 10.6. The van der Waals surface area contributed by atoms with E-state index in [1.807, 2.05) is 39.0 Å². The maximum absolute atomic E-state index is 11.8. The average Bonchev–Trinajstić information content (AvgIpc) is 2.49. The largest absolute Gasteiger partial charge is 0.463 e. The van der Waals surface area contributed by atoms with Gasteiger partial charge in [0.15, 0.2) is 0 Å². The van der Waals surface area contributed by atoms with Gasteiger partial charge >= 0.3 is 5.97 Å². The predicted octanol–water partition coefficient (Wildman–Crippen LogP) is 3.60. The van der Waals surface area contributed by atoms with Gasteiger partial charge in [0.05, 0.1) is 12.7 Å². The number of esters is 1. The van der Waals surface area contributed by atoms with Crippen LogP contribution in [0.5, 0.6) is 0 Å². The van der Waals surface area contributed by atoms with E-state index in [2.05, 4.69) is 18.2 Å². The summed E-state index contributed by atoms with van der Waals surface area (Å²) in [6, 6.07) is 10.1. The maximum atomic E-state index is 11.8. The van der Waals surface area contributed by atoms with E-state index in [1.54, 1.807) is 6.92 Å². The summed E-state index contributed by atoms with van der Waals surface area (Å²) < 4.78 is 5.00. The van der Waals surface area contributed by atoms with Crippen LogP contribution in [0.3, 0.4) is 0 Å². The molecule has 2 unspecified atom stereocenters. The molecule has 0 amide bonds. The molecule has 118 valence electrons. The summed E-state index contributed by atoms with van der Waals surface area (Å²) in [6.07, 6.45) is 2.87. The molecule has 3 heteroatoms. The third-order valence-electron chi connectivity index (χ3n) is 4.19. The molecule has 0 aliphatic heterocycles. The summed E-state index contributed by atoms with van der Waals surface area (Å²) in [5.74, 6) is -0.427. The van der Waals surface area contributed by atoms with Gasteiger partial charge < -0.3 is 9.84 Å². The summed E-state index contributed by atoms with van der Waals surface area (Å²) in [7, 11) is 0. The molecular formula is C19H24O3. The Balaban J connectivity index is 2.47. The number of aliphatic hydroxyl groups is 1. The van der Waals surface area contributed by atoms with E-state index in [9.17, 15) is 9.90 Å². The second kappa shape index (κ2) is 6.49. The molecule has 2 rings (SSSR count). The fourth-order valence-corrected chi connectivity index (χ4v) is 2.94. The molecule has 0 aromatic heterocycles. The van der Waals surface area contributed by atoms with Crippen molar-refractivity contribution in [3.05, 3.63) is 53.6 Å². The van der Waals surface area contributed by atoms with Gasteiger partial charge in [-0.1, -0.05) is 57.2 Å². The Labute approximate surface area is 132 Å². The Morgan fingerprint density at radius 2 is 1.95 bits per heavy atom. The molecule has 0 spiro atoms. The lowest BCUT2D eigenvalue weighted by molar-refractivity contribution is -0.137. The van der Waals surface area contributed by atoms with Crippen LogP contribution in [0.2, 0.25) is 0 Å². The maximum Gasteiger partial charge on any atom is 0.330 e. The number of ether oxygens (including phenoxy) is 1. The van der Waals surface area contributed by atoms with Crippen LogP contribution in [0, 0.1) is 11.3 Å². The van der Waals surface area contributed by atoms with Crippen molar-refractivity contribution in [2.24, 2.45) is 11.3 Å². The lowest BCUT2D eigenvalue weighted by Crippen LogP contribution is -2.36. The van der Waals surface area contributed by atoms with Crippen LogP contribution in [0.25, 0.3) is 5.57 Å². The van der Waals surface area contributed by atoms with Crippen molar-refractivity contribution >= 4 is 11.5 Å². The first-order valence-electron chi connectivity index (χ1n) is 7.71. The molecule has 0 bridgehead atoms. The van der Waals surface area contributed by atoms with Gasteiger partial charge in [0.25, 0.3) is 0 Å². The zero-order valence-electron chi connectivity index (χ0n) is 13.7. The van der Waals surface area contributed by atoms with Crippen LogP contribution in [0.1, 0.15) is 33.3 Å². The zero-order chi connectivity index (χ0) is 16.3. The quantitative estimate of drug-likeness (QED) is 0.685. The van der Waals surface area contributed by atoms with Gasteiger partial charge in [0.1, 0.15) is 0 Å². The summed E-state index contributed by atoms with van der Waals surface area (Å²) in [6.45, 7) is 8.08. The van der Waals surface area contributed by atoms with Gasteiger partial charge in [-0.25, -0.2) is 4.79 Å². The molecule has 0 saturated carbocycles. The first kappa shape index (κ1) is 16.5. The Morgan fingerprint density at radius 1 is 1.32 bits per heavy atom. The Morgan fingerprint density at radius 3 is 2.55 bits per heavy atom. The van der Waals surface area contributed by atoms with E-state index in [0.29, 0.717) is 12.2 Å². The molecule has 1 aromatic rings. The first-order valence-corrected chi connectivity index (χ1v) is 7.71. The highest BCUT2D eigenvalue weighted by molar-refractivity contribution is 5.85. The van der Waals surface area contributed by atoms with Crippen molar-refractivity contribution in [3.8, 4) is 0 Å². The van der Waals surface area contributed by atoms with Crippen molar-refractivity contribution in [3.63, 3.8) is 0 Å². The average molecular weight is 300 g/mol. The summed E-state index contributed by atoms with van der Waals surface area (Å²) >= 11 is 0. The van der Waals surface area contributed by atoms with Gasteiger partial charge in [0, 0.05) is 17.4 Å². The number of aliphatic hydroxyl groups excluding tert-OH is 1. The van der Waals surface area contributed by atoms with Crippen LogP contribution in [0.4, 0.5) is 0 Å². The van der Waals surface area contributed by atoms with Crippen LogP contribution >= 0.6 is 0 Å². The lowest BCUT2D eigenvalue weighted by Gasteiger charge is -2.39. The summed E-state index contributed by atoms with van der Waals surface area (Å²) in [4.78, 5) is 11.8. The van der Waals surface area contributed by atoms with Gasteiger partial charge in [0.2, 0.25) is 0 Å². The number of carbonyl (C=O) groups is 1. The third kappa shape index (κ3) is 3.30. The number of carbonyl (C=O) groups excluding carboxylic acids is 1. The molecule has 1 aliphatic carbocycles.